The van der Waals surface area contributed by atoms with Gasteiger partial charge in [-0.3, -0.25) is 4.79 Å². The van der Waals surface area contributed by atoms with E-state index in [9.17, 15) is 4.79 Å². The Labute approximate surface area is 152 Å². The van der Waals surface area contributed by atoms with Crippen LogP contribution < -0.4 is 16.0 Å². The maximum atomic E-state index is 12.0. The first-order valence-electron chi connectivity index (χ1n) is 7.04. The van der Waals surface area contributed by atoms with Gasteiger partial charge in [0.25, 0.3) is 5.91 Å². The zero-order chi connectivity index (χ0) is 15.4. The highest BCUT2D eigenvalue weighted by Gasteiger charge is 2.13. The number of nitrogens with zero attached hydrogens (tertiary/aromatic N) is 3. The van der Waals surface area contributed by atoms with E-state index in [1.54, 1.807) is 18.3 Å². The van der Waals surface area contributed by atoms with E-state index in [2.05, 4.69) is 20.2 Å². The molecule has 3 N–H and O–H groups in total. The van der Waals surface area contributed by atoms with Gasteiger partial charge in [0.05, 0.1) is 37.0 Å². The fourth-order valence-corrected chi connectivity index (χ4v) is 2.17. The number of pyridine rings is 2. The molecule has 0 bridgehead atoms. The zero-order valence-corrected chi connectivity index (χ0v) is 14.5. The lowest BCUT2D eigenvalue weighted by Crippen LogP contribution is -2.36. The van der Waals surface area contributed by atoms with E-state index >= 15 is 0 Å². The smallest absolute Gasteiger partial charge is 0.274 e. The summed E-state index contributed by atoms with van der Waals surface area (Å²) in [4.78, 5) is 22.6. The standard InChI is InChI=1S/C15H17N5O2.2ClH/c16-11-1-3-13(17-9-11)15(21)19-12-2-4-14(18-10-12)20-5-7-22-8-6-20;;/h1-4,9-10H,5-8,16H2,(H,19,21);2*1H. The molecule has 0 atom stereocenters. The average molecular weight is 372 g/mol. The van der Waals surface area contributed by atoms with Crippen molar-refractivity contribution in [3.05, 3.63) is 42.4 Å². The van der Waals surface area contributed by atoms with Crippen LogP contribution in [-0.4, -0.2) is 42.2 Å². The number of nitrogen functional groups attached to an aromatic ring is 1. The molecule has 1 amide bonds. The molecule has 9 heteroatoms. The molecule has 0 spiro atoms. The Morgan fingerprint density at radius 1 is 1.08 bits per heavy atom. The van der Waals surface area contributed by atoms with Gasteiger partial charge in [0.1, 0.15) is 11.5 Å². The lowest BCUT2D eigenvalue weighted by molar-refractivity contribution is 0.102. The van der Waals surface area contributed by atoms with Crippen LogP contribution in [0.25, 0.3) is 0 Å². The molecule has 1 fully saturated rings. The number of ether oxygens (including phenoxy) is 1. The number of amides is 1. The predicted molar refractivity (Wildman–Crippen MR) is 98.4 cm³/mol. The monoisotopic (exact) mass is 371 g/mol. The van der Waals surface area contributed by atoms with Gasteiger partial charge in [0.2, 0.25) is 0 Å². The predicted octanol–water partition coefficient (Wildman–Crippen LogP) is 1.99. The number of halogens is 2. The van der Waals surface area contributed by atoms with Gasteiger partial charge in [-0.2, -0.15) is 0 Å². The van der Waals surface area contributed by atoms with Crippen LogP contribution in [-0.2, 0) is 4.74 Å². The van der Waals surface area contributed by atoms with Crippen molar-refractivity contribution in [2.45, 2.75) is 0 Å². The largest absolute Gasteiger partial charge is 0.397 e. The molecule has 0 aromatic carbocycles. The summed E-state index contributed by atoms with van der Waals surface area (Å²) >= 11 is 0. The Kier molecular flexibility index (Phi) is 7.70. The third-order valence-corrected chi connectivity index (χ3v) is 3.36. The van der Waals surface area contributed by atoms with Crippen molar-refractivity contribution in [3.8, 4) is 0 Å². The Morgan fingerprint density at radius 2 is 1.83 bits per heavy atom. The minimum Gasteiger partial charge on any atom is -0.397 e. The molecule has 3 heterocycles. The van der Waals surface area contributed by atoms with E-state index < -0.39 is 0 Å². The highest BCUT2D eigenvalue weighted by Crippen LogP contribution is 2.16. The van der Waals surface area contributed by atoms with Gasteiger partial charge < -0.3 is 20.7 Å². The molecule has 0 unspecified atom stereocenters. The molecule has 0 aliphatic carbocycles. The molecule has 0 radical (unpaired) electrons. The Balaban J connectivity index is 0.00000144. The number of hydrogen-bond donors (Lipinski definition) is 2. The van der Waals surface area contributed by atoms with Crippen LogP contribution in [0.1, 0.15) is 10.5 Å². The summed E-state index contributed by atoms with van der Waals surface area (Å²) in [5.74, 6) is 0.591. The Hall–Kier alpha value is -2.09. The van der Waals surface area contributed by atoms with Gasteiger partial charge in [-0.05, 0) is 24.3 Å². The number of anilines is 3. The quantitative estimate of drug-likeness (QED) is 0.856. The first-order valence-corrected chi connectivity index (χ1v) is 7.04. The van der Waals surface area contributed by atoms with Crippen molar-refractivity contribution in [2.75, 3.05) is 42.3 Å². The number of nitrogens with two attached hydrogens (primary N) is 1. The minimum atomic E-state index is -0.291. The summed E-state index contributed by atoms with van der Waals surface area (Å²) in [6.07, 6.45) is 3.09. The molecule has 1 aliphatic rings. The molecular weight excluding hydrogens is 353 g/mol. The van der Waals surface area contributed by atoms with Crippen LogP contribution in [0, 0.1) is 0 Å². The summed E-state index contributed by atoms with van der Waals surface area (Å²) in [5, 5.41) is 2.76. The van der Waals surface area contributed by atoms with Gasteiger partial charge in [-0.15, -0.1) is 24.8 Å². The summed E-state index contributed by atoms with van der Waals surface area (Å²) in [7, 11) is 0. The van der Waals surface area contributed by atoms with Crippen molar-refractivity contribution in [1.82, 2.24) is 9.97 Å². The van der Waals surface area contributed by atoms with Crippen molar-refractivity contribution in [1.29, 1.82) is 0 Å². The summed E-state index contributed by atoms with van der Waals surface area (Å²) < 4.78 is 5.31. The molecule has 130 valence electrons. The molecule has 24 heavy (non-hydrogen) atoms. The second-order valence-corrected chi connectivity index (χ2v) is 4.94. The Morgan fingerprint density at radius 3 is 2.42 bits per heavy atom. The highest BCUT2D eigenvalue weighted by atomic mass is 35.5. The fourth-order valence-electron chi connectivity index (χ4n) is 2.17. The van der Waals surface area contributed by atoms with E-state index in [0.29, 0.717) is 30.3 Å². The number of aromatic nitrogens is 2. The molecule has 3 rings (SSSR count). The third kappa shape index (κ3) is 4.95. The van der Waals surface area contributed by atoms with E-state index in [1.807, 2.05) is 12.1 Å². The maximum absolute atomic E-state index is 12.0. The van der Waals surface area contributed by atoms with E-state index in [4.69, 9.17) is 10.5 Å². The molecule has 0 saturated carbocycles. The van der Waals surface area contributed by atoms with Crippen LogP contribution in [0.5, 0.6) is 0 Å². The van der Waals surface area contributed by atoms with Crippen LogP contribution in [0.3, 0.4) is 0 Å². The number of morpholine rings is 1. The van der Waals surface area contributed by atoms with Crippen molar-refractivity contribution < 1.29 is 9.53 Å². The fraction of sp³-hybridized carbons (Fsp3) is 0.267. The van der Waals surface area contributed by atoms with Crippen LogP contribution in [0.15, 0.2) is 36.7 Å². The number of nitrogens with one attached hydrogen (secondary N) is 1. The lowest BCUT2D eigenvalue weighted by Gasteiger charge is -2.27. The van der Waals surface area contributed by atoms with E-state index in [0.717, 1.165) is 18.9 Å². The number of carbonyl (C=O) groups excluding carboxylic acids is 1. The molecule has 7 nitrogen and oxygen atoms in total. The minimum absolute atomic E-state index is 0. The van der Waals surface area contributed by atoms with Crippen LogP contribution >= 0.6 is 24.8 Å². The normalized spacial score (nSPS) is 13.4. The number of carbonyl (C=O) groups is 1. The third-order valence-electron chi connectivity index (χ3n) is 3.36. The lowest BCUT2D eigenvalue weighted by atomic mass is 10.3. The molecular formula is C15H19Cl2N5O2. The first kappa shape index (κ1) is 20.0. The van der Waals surface area contributed by atoms with Crippen molar-refractivity contribution >= 4 is 47.9 Å². The Bertz CT molecular complexity index is 646. The van der Waals surface area contributed by atoms with Crippen molar-refractivity contribution in [2.24, 2.45) is 0 Å². The summed E-state index contributed by atoms with van der Waals surface area (Å²) in [5.41, 5.74) is 7.01. The molecule has 2 aromatic heterocycles. The highest BCUT2D eigenvalue weighted by molar-refractivity contribution is 6.02. The SMILES string of the molecule is Cl.Cl.Nc1ccc(C(=O)Nc2ccc(N3CCOCC3)nc2)nc1. The number of rotatable bonds is 3. The van der Waals surface area contributed by atoms with Crippen molar-refractivity contribution in [3.63, 3.8) is 0 Å². The van der Waals surface area contributed by atoms with Crippen LogP contribution in [0.4, 0.5) is 17.2 Å². The average Bonchev–Trinajstić information content (AvgIpc) is 2.57. The summed E-state index contributed by atoms with van der Waals surface area (Å²) in [6.45, 7) is 3.08. The second kappa shape index (κ2) is 9.27. The van der Waals surface area contributed by atoms with Gasteiger partial charge in [0, 0.05) is 13.1 Å². The molecule has 2 aromatic rings. The summed E-state index contributed by atoms with van der Waals surface area (Å²) in [6, 6.07) is 6.94. The number of hydrogen-bond acceptors (Lipinski definition) is 6. The van der Waals surface area contributed by atoms with Gasteiger partial charge in [-0.25, -0.2) is 9.97 Å². The van der Waals surface area contributed by atoms with E-state index in [1.165, 1.54) is 6.20 Å². The van der Waals surface area contributed by atoms with Gasteiger partial charge >= 0.3 is 0 Å². The van der Waals surface area contributed by atoms with Gasteiger partial charge in [0.15, 0.2) is 0 Å². The maximum Gasteiger partial charge on any atom is 0.274 e. The first-order chi connectivity index (χ1) is 10.7. The molecule has 1 aliphatic heterocycles. The van der Waals surface area contributed by atoms with Gasteiger partial charge in [-0.1, -0.05) is 0 Å². The topological polar surface area (TPSA) is 93.4 Å². The second-order valence-electron chi connectivity index (χ2n) is 4.94. The zero-order valence-electron chi connectivity index (χ0n) is 12.8. The molecule has 1 saturated heterocycles. The van der Waals surface area contributed by atoms with E-state index in [-0.39, 0.29) is 30.7 Å². The van der Waals surface area contributed by atoms with Crippen LogP contribution in [0.2, 0.25) is 0 Å².